The minimum Gasteiger partial charge on any atom is -0.355 e. The van der Waals surface area contributed by atoms with Crippen molar-refractivity contribution in [2.45, 2.75) is 55.7 Å². The summed E-state index contributed by atoms with van der Waals surface area (Å²) in [4.78, 5) is 13.3. The lowest BCUT2D eigenvalue weighted by atomic mass is 10.2. The molecular weight excluding hydrogens is 356 g/mol. The lowest BCUT2D eigenvalue weighted by Gasteiger charge is -2.12. The number of carbonyl (C=O) groups excluding carboxylic acids is 1. The van der Waals surface area contributed by atoms with Crippen molar-refractivity contribution in [2.75, 3.05) is 6.54 Å². The van der Waals surface area contributed by atoms with E-state index >= 15 is 0 Å². The summed E-state index contributed by atoms with van der Waals surface area (Å²) in [5.74, 6) is 2.11. The van der Waals surface area contributed by atoms with Crippen LogP contribution in [0, 0.1) is 0 Å². The maximum absolute atomic E-state index is 12.3. The zero-order chi connectivity index (χ0) is 17.6. The van der Waals surface area contributed by atoms with Crippen LogP contribution in [0.5, 0.6) is 0 Å². The number of halogens is 1. The van der Waals surface area contributed by atoms with Crippen LogP contribution < -0.4 is 5.32 Å². The van der Waals surface area contributed by atoms with E-state index < -0.39 is 0 Å². The van der Waals surface area contributed by atoms with Crippen molar-refractivity contribution in [1.29, 1.82) is 0 Å². The predicted octanol–water partition coefficient (Wildman–Crippen LogP) is 3.50. The Bertz CT molecular complexity index is 716. The number of hydrogen-bond donors (Lipinski definition) is 1. The fourth-order valence-corrected chi connectivity index (χ4v) is 3.96. The van der Waals surface area contributed by atoms with Gasteiger partial charge in [-0.15, -0.1) is 22.0 Å². The molecule has 1 aliphatic heterocycles. The van der Waals surface area contributed by atoms with E-state index in [1.165, 1.54) is 31.0 Å². The summed E-state index contributed by atoms with van der Waals surface area (Å²) in [6, 6.07) is 7.54. The lowest BCUT2D eigenvalue weighted by Crippen LogP contribution is -2.32. The predicted molar refractivity (Wildman–Crippen MR) is 101 cm³/mol. The van der Waals surface area contributed by atoms with Crippen LogP contribution in [0.25, 0.3) is 0 Å². The summed E-state index contributed by atoms with van der Waals surface area (Å²) >= 11 is 7.42. The van der Waals surface area contributed by atoms with E-state index in [-0.39, 0.29) is 11.2 Å². The molecule has 1 aliphatic rings. The standard InChI is InChI=1S/C18H23ClN4OS/c1-13(25-15-8-6-14(19)7-9-15)18(24)20-11-10-17-22-21-16-5-3-2-4-12-23(16)17/h6-9,13H,2-5,10-12H2,1H3,(H,20,24). The zero-order valence-corrected chi connectivity index (χ0v) is 15.9. The van der Waals surface area contributed by atoms with Gasteiger partial charge in [-0.2, -0.15) is 0 Å². The first-order valence-corrected chi connectivity index (χ1v) is 10.00. The Balaban J connectivity index is 1.47. The van der Waals surface area contributed by atoms with E-state index in [1.807, 2.05) is 31.2 Å². The van der Waals surface area contributed by atoms with E-state index in [4.69, 9.17) is 11.6 Å². The third-order valence-corrected chi connectivity index (χ3v) is 5.69. The maximum atomic E-state index is 12.3. The highest BCUT2D eigenvalue weighted by Gasteiger charge is 2.16. The molecule has 5 nitrogen and oxygen atoms in total. The Hall–Kier alpha value is -1.53. The molecule has 0 aliphatic carbocycles. The van der Waals surface area contributed by atoms with Gasteiger partial charge in [0.05, 0.1) is 5.25 Å². The van der Waals surface area contributed by atoms with Gasteiger partial charge in [0.25, 0.3) is 0 Å². The van der Waals surface area contributed by atoms with Crippen molar-refractivity contribution in [3.8, 4) is 0 Å². The average molecular weight is 379 g/mol. The molecule has 2 aromatic rings. The first kappa shape index (κ1) is 18.3. The first-order chi connectivity index (χ1) is 12.1. The summed E-state index contributed by atoms with van der Waals surface area (Å²) in [6.07, 6.45) is 5.34. The van der Waals surface area contributed by atoms with Crippen molar-refractivity contribution in [1.82, 2.24) is 20.1 Å². The summed E-state index contributed by atoms with van der Waals surface area (Å²) < 4.78 is 2.23. The summed E-state index contributed by atoms with van der Waals surface area (Å²) in [5.41, 5.74) is 0. The highest BCUT2D eigenvalue weighted by atomic mass is 35.5. The Morgan fingerprint density at radius 1 is 1.28 bits per heavy atom. The van der Waals surface area contributed by atoms with E-state index in [1.54, 1.807) is 0 Å². The molecule has 0 saturated carbocycles. The number of aryl methyl sites for hydroxylation is 1. The van der Waals surface area contributed by atoms with Crippen LogP contribution in [0.3, 0.4) is 0 Å². The smallest absolute Gasteiger partial charge is 0.233 e. The SMILES string of the molecule is CC(Sc1ccc(Cl)cc1)C(=O)NCCc1nnc2n1CCCCC2. The van der Waals surface area contributed by atoms with E-state index in [0.717, 1.165) is 35.9 Å². The number of rotatable bonds is 6. The normalized spacial score (nSPS) is 15.3. The summed E-state index contributed by atoms with van der Waals surface area (Å²) in [6.45, 7) is 3.49. The van der Waals surface area contributed by atoms with Gasteiger partial charge >= 0.3 is 0 Å². The summed E-state index contributed by atoms with van der Waals surface area (Å²) in [5, 5.41) is 12.2. The van der Waals surface area contributed by atoms with E-state index in [0.29, 0.717) is 11.6 Å². The number of aromatic nitrogens is 3. The molecule has 1 amide bonds. The Morgan fingerprint density at radius 3 is 2.88 bits per heavy atom. The molecule has 2 heterocycles. The molecule has 134 valence electrons. The second-order valence-electron chi connectivity index (χ2n) is 6.25. The molecule has 1 unspecified atom stereocenters. The van der Waals surface area contributed by atoms with E-state index in [9.17, 15) is 4.79 Å². The molecule has 0 radical (unpaired) electrons. The van der Waals surface area contributed by atoms with Crippen molar-refractivity contribution < 1.29 is 4.79 Å². The highest BCUT2D eigenvalue weighted by Crippen LogP contribution is 2.24. The second-order valence-corrected chi connectivity index (χ2v) is 8.10. The fraction of sp³-hybridized carbons (Fsp3) is 0.500. The van der Waals surface area contributed by atoms with Gasteiger partial charge in [0.15, 0.2) is 0 Å². The minimum atomic E-state index is -0.156. The molecule has 3 rings (SSSR count). The van der Waals surface area contributed by atoms with Crippen molar-refractivity contribution >= 4 is 29.3 Å². The number of nitrogens with zero attached hydrogens (tertiary/aromatic N) is 3. The molecular formula is C18H23ClN4OS. The number of fused-ring (bicyclic) bond motifs is 1. The third-order valence-electron chi connectivity index (χ3n) is 4.33. The average Bonchev–Trinajstić information content (AvgIpc) is 2.84. The Kier molecular flexibility index (Phi) is 6.37. The second kappa shape index (κ2) is 8.72. The molecule has 0 bridgehead atoms. The van der Waals surface area contributed by atoms with Gasteiger partial charge in [0.1, 0.15) is 11.6 Å². The molecule has 0 saturated heterocycles. The number of carbonyl (C=O) groups is 1. The Morgan fingerprint density at radius 2 is 2.08 bits per heavy atom. The fourth-order valence-electron chi connectivity index (χ4n) is 2.94. The largest absolute Gasteiger partial charge is 0.355 e. The minimum absolute atomic E-state index is 0.0376. The Labute approximate surface area is 157 Å². The van der Waals surface area contributed by atoms with Crippen molar-refractivity contribution in [2.24, 2.45) is 0 Å². The van der Waals surface area contributed by atoms with Gasteiger partial charge in [-0.05, 0) is 44.0 Å². The zero-order valence-electron chi connectivity index (χ0n) is 14.4. The van der Waals surface area contributed by atoms with Crippen LogP contribution in [-0.2, 0) is 24.2 Å². The molecule has 1 aromatic carbocycles. The van der Waals surface area contributed by atoms with Crippen LogP contribution in [0.2, 0.25) is 5.02 Å². The molecule has 7 heteroatoms. The molecule has 0 fully saturated rings. The number of thioether (sulfide) groups is 1. The highest BCUT2D eigenvalue weighted by molar-refractivity contribution is 8.00. The number of hydrogen-bond acceptors (Lipinski definition) is 4. The van der Waals surface area contributed by atoms with Crippen LogP contribution in [0.1, 0.15) is 37.8 Å². The van der Waals surface area contributed by atoms with Crippen molar-refractivity contribution in [3.05, 3.63) is 40.9 Å². The van der Waals surface area contributed by atoms with Gasteiger partial charge in [-0.1, -0.05) is 18.0 Å². The van der Waals surface area contributed by atoms with Gasteiger partial charge < -0.3 is 9.88 Å². The molecule has 1 aromatic heterocycles. The molecule has 0 spiro atoms. The number of nitrogens with one attached hydrogen (secondary N) is 1. The molecule has 25 heavy (non-hydrogen) atoms. The first-order valence-electron chi connectivity index (χ1n) is 8.74. The topological polar surface area (TPSA) is 59.8 Å². The summed E-state index contributed by atoms with van der Waals surface area (Å²) in [7, 11) is 0. The lowest BCUT2D eigenvalue weighted by molar-refractivity contribution is -0.120. The van der Waals surface area contributed by atoms with E-state index in [2.05, 4.69) is 20.1 Å². The van der Waals surface area contributed by atoms with Crippen LogP contribution in [0.15, 0.2) is 29.2 Å². The maximum Gasteiger partial charge on any atom is 0.233 e. The van der Waals surface area contributed by atoms with Crippen LogP contribution in [0.4, 0.5) is 0 Å². The van der Waals surface area contributed by atoms with Gasteiger partial charge in [-0.25, -0.2) is 0 Å². The quantitative estimate of drug-likeness (QED) is 0.781. The van der Waals surface area contributed by atoms with Crippen LogP contribution >= 0.6 is 23.4 Å². The van der Waals surface area contributed by atoms with Crippen molar-refractivity contribution in [3.63, 3.8) is 0 Å². The van der Waals surface area contributed by atoms with Gasteiger partial charge in [0.2, 0.25) is 5.91 Å². The monoisotopic (exact) mass is 378 g/mol. The number of amides is 1. The van der Waals surface area contributed by atoms with Gasteiger partial charge in [0, 0.05) is 35.8 Å². The van der Waals surface area contributed by atoms with Crippen LogP contribution in [-0.4, -0.2) is 32.5 Å². The molecule has 1 N–H and O–H groups in total. The number of benzene rings is 1. The molecule has 1 atom stereocenters. The van der Waals surface area contributed by atoms with Gasteiger partial charge in [-0.3, -0.25) is 4.79 Å². The third kappa shape index (κ3) is 4.98.